The first-order chi connectivity index (χ1) is 10.1. The summed E-state index contributed by atoms with van der Waals surface area (Å²) in [6.07, 6.45) is 2.23. The average molecular weight is 284 g/mol. The van der Waals surface area contributed by atoms with Gasteiger partial charge in [0.05, 0.1) is 11.7 Å². The molecule has 1 aromatic carbocycles. The van der Waals surface area contributed by atoms with Gasteiger partial charge in [-0.2, -0.15) is 0 Å². The number of nitrogens with zero attached hydrogens (tertiary/aromatic N) is 2. The normalized spacial score (nSPS) is 10.7. The lowest BCUT2D eigenvalue weighted by Gasteiger charge is -2.11. The molecule has 0 saturated heterocycles. The second kappa shape index (κ2) is 4.82. The molecule has 0 fully saturated rings. The molecular formula is C15H9FN2O3. The van der Waals surface area contributed by atoms with Crippen molar-refractivity contribution in [3.05, 3.63) is 70.4 Å². The van der Waals surface area contributed by atoms with Gasteiger partial charge in [0.2, 0.25) is 5.43 Å². The number of rotatable bonds is 2. The Kier molecular flexibility index (Phi) is 2.98. The molecule has 5 nitrogen and oxygen atoms in total. The smallest absolute Gasteiger partial charge is 0.341 e. The standard InChI is InChI=1S/C15H9FN2O3/c16-9-5-6-13(17-7-9)18-8-11(15(20)21)14(19)10-3-1-2-4-12(10)18/h1-8H,(H,20,21). The third-order valence-corrected chi connectivity index (χ3v) is 3.10. The number of carbonyl (C=O) groups is 1. The van der Waals surface area contributed by atoms with Crippen LogP contribution >= 0.6 is 0 Å². The molecule has 0 spiro atoms. The van der Waals surface area contributed by atoms with E-state index in [1.54, 1.807) is 24.3 Å². The number of aromatic nitrogens is 2. The second-order valence-electron chi connectivity index (χ2n) is 4.40. The first kappa shape index (κ1) is 13.0. The number of benzene rings is 1. The highest BCUT2D eigenvalue weighted by molar-refractivity contribution is 5.93. The van der Waals surface area contributed by atoms with Gasteiger partial charge in [-0.15, -0.1) is 0 Å². The van der Waals surface area contributed by atoms with Gasteiger partial charge < -0.3 is 9.67 Å². The van der Waals surface area contributed by atoms with Crippen LogP contribution in [0.15, 0.2) is 53.6 Å². The lowest BCUT2D eigenvalue weighted by molar-refractivity contribution is 0.0695. The maximum absolute atomic E-state index is 13.0. The fourth-order valence-electron chi connectivity index (χ4n) is 2.13. The van der Waals surface area contributed by atoms with E-state index in [4.69, 9.17) is 5.11 Å². The molecular weight excluding hydrogens is 275 g/mol. The molecule has 21 heavy (non-hydrogen) atoms. The Balaban J connectivity index is 2.41. The van der Waals surface area contributed by atoms with E-state index in [-0.39, 0.29) is 10.9 Å². The predicted octanol–water partition coefficient (Wildman–Crippen LogP) is 2.22. The van der Waals surface area contributed by atoms with Crippen LogP contribution in [-0.2, 0) is 0 Å². The van der Waals surface area contributed by atoms with Crippen molar-refractivity contribution in [2.75, 3.05) is 0 Å². The molecule has 2 aromatic heterocycles. The molecule has 0 amide bonds. The molecule has 0 saturated carbocycles. The van der Waals surface area contributed by atoms with E-state index in [9.17, 15) is 14.0 Å². The summed E-state index contributed by atoms with van der Waals surface area (Å²) >= 11 is 0. The molecule has 3 aromatic rings. The second-order valence-corrected chi connectivity index (χ2v) is 4.40. The Morgan fingerprint density at radius 3 is 2.62 bits per heavy atom. The highest BCUT2D eigenvalue weighted by atomic mass is 19.1. The van der Waals surface area contributed by atoms with E-state index < -0.39 is 17.2 Å². The SMILES string of the molecule is O=C(O)c1cn(-c2ccc(F)cn2)c2ccccc2c1=O. The summed E-state index contributed by atoms with van der Waals surface area (Å²) < 4.78 is 14.4. The zero-order valence-corrected chi connectivity index (χ0v) is 10.7. The van der Waals surface area contributed by atoms with E-state index in [0.29, 0.717) is 11.3 Å². The lowest BCUT2D eigenvalue weighted by atomic mass is 10.1. The molecule has 3 rings (SSSR count). The number of para-hydroxylation sites is 1. The van der Waals surface area contributed by atoms with Crippen LogP contribution in [0.4, 0.5) is 4.39 Å². The molecule has 0 aliphatic rings. The Bertz CT molecular complexity index is 901. The minimum absolute atomic E-state index is 0.267. The van der Waals surface area contributed by atoms with Crippen molar-refractivity contribution in [1.29, 1.82) is 0 Å². The molecule has 0 unspecified atom stereocenters. The topological polar surface area (TPSA) is 72.2 Å². The van der Waals surface area contributed by atoms with Crippen LogP contribution in [0, 0.1) is 5.82 Å². The number of carboxylic acid groups (broad SMARTS) is 1. The van der Waals surface area contributed by atoms with Crippen molar-refractivity contribution in [3.8, 4) is 5.82 Å². The fourth-order valence-corrected chi connectivity index (χ4v) is 2.13. The molecule has 104 valence electrons. The van der Waals surface area contributed by atoms with Gasteiger partial charge in [-0.25, -0.2) is 14.2 Å². The molecule has 0 radical (unpaired) electrons. The summed E-state index contributed by atoms with van der Waals surface area (Å²) in [5.41, 5.74) is -0.414. The van der Waals surface area contributed by atoms with Gasteiger partial charge in [0.1, 0.15) is 17.2 Å². The summed E-state index contributed by atoms with van der Waals surface area (Å²) in [7, 11) is 0. The van der Waals surface area contributed by atoms with E-state index in [2.05, 4.69) is 4.98 Å². The maximum atomic E-state index is 13.0. The number of hydrogen-bond donors (Lipinski definition) is 1. The number of hydrogen-bond acceptors (Lipinski definition) is 3. The van der Waals surface area contributed by atoms with Gasteiger partial charge in [0, 0.05) is 11.6 Å². The van der Waals surface area contributed by atoms with Gasteiger partial charge >= 0.3 is 5.97 Å². The van der Waals surface area contributed by atoms with Crippen LogP contribution in [0.2, 0.25) is 0 Å². The monoisotopic (exact) mass is 284 g/mol. The van der Waals surface area contributed by atoms with Crippen molar-refractivity contribution >= 4 is 16.9 Å². The van der Waals surface area contributed by atoms with Gasteiger partial charge in [-0.1, -0.05) is 12.1 Å². The summed E-state index contributed by atoms with van der Waals surface area (Å²) in [4.78, 5) is 27.3. The van der Waals surface area contributed by atoms with E-state index in [1.165, 1.54) is 22.9 Å². The van der Waals surface area contributed by atoms with Crippen molar-refractivity contribution < 1.29 is 14.3 Å². The van der Waals surface area contributed by atoms with Crippen LogP contribution in [0.3, 0.4) is 0 Å². The van der Waals surface area contributed by atoms with E-state index in [0.717, 1.165) is 6.20 Å². The highest BCUT2D eigenvalue weighted by Gasteiger charge is 2.15. The third kappa shape index (κ3) is 2.16. The average Bonchev–Trinajstić information content (AvgIpc) is 2.49. The Labute approximate surface area is 117 Å². The Morgan fingerprint density at radius 1 is 1.19 bits per heavy atom. The number of aromatic carboxylic acids is 1. The molecule has 0 atom stereocenters. The molecule has 0 aliphatic carbocycles. The highest BCUT2D eigenvalue weighted by Crippen LogP contribution is 2.16. The number of pyridine rings is 2. The summed E-state index contributed by atoms with van der Waals surface area (Å²) in [6, 6.07) is 9.23. The predicted molar refractivity (Wildman–Crippen MR) is 74.3 cm³/mol. The minimum Gasteiger partial charge on any atom is -0.477 e. The van der Waals surface area contributed by atoms with Crippen molar-refractivity contribution in [3.63, 3.8) is 0 Å². The van der Waals surface area contributed by atoms with Crippen LogP contribution in [-0.4, -0.2) is 20.6 Å². The van der Waals surface area contributed by atoms with Crippen molar-refractivity contribution in [2.45, 2.75) is 0 Å². The fraction of sp³-hybridized carbons (Fsp3) is 0. The first-order valence-corrected chi connectivity index (χ1v) is 6.07. The molecule has 0 bridgehead atoms. The van der Waals surface area contributed by atoms with Gasteiger partial charge in [0.15, 0.2) is 0 Å². The zero-order chi connectivity index (χ0) is 15.0. The third-order valence-electron chi connectivity index (χ3n) is 3.10. The number of fused-ring (bicyclic) bond motifs is 1. The van der Waals surface area contributed by atoms with E-state index >= 15 is 0 Å². The van der Waals surface area contributed by atoms with Crippen molar-refractivity contribution in [2.24, 2.45) is 0 Å². The molecule has 0 aliphatic heterocycles. The van der Waals surface area contributed by atoms with Gasteiger partial charge in [-0.05, 0) is 24.3 Å². The van der Waals surface area contributed by atoms with Crippen LogP contribution < -0.4 is 5.43 Å². The van der Waals surface area contributed by atoms with Crippen LogP contribution in [0.1, 0.15) is 10.4 Å². The first-order valence-electron chi connectivity index (χ1n) is 6.07. The molecule has 6 heteroatoms. The summed E-state index contributed by atoms with van der Waals surface area (Å²) in [5.74, 6) is -1.49. The summed E-state index contributed by atoms with van der Waals surface area (Å²) in [5, 5.41) is 9.41. The Morgan fingerprint density at radius 2 is 1.95 bits per heavy atom. The maximum Gasteiger partial charge on any atom is 0.341 e. The molecule has 1 N–H and O–H groups in total. The Hall–Kier alpha value is -3.02. The summed E-state index contributed by atoms with van der Waals surface area (Å²) in [6.45, 7) is 0. The van der Waals surface area contributed by atoms with E-state index in [1.807, 2.05) is 0 Å². The minimum atomic E-state index is -1.32. The zero-order valence-electron chi connectivity index (χ0n) is 10.7. The quantitative estimate of drug-likeness (QED) is 0.783. The largest absolute Gasteiger partial charge is 0.477 e. The lowest BCUT2D eigenvalue weighted by Crippen LogP contribution is -2.18. The molecule has 2 heterocycles. The number of halogens is 1. The number of carboxylic acids is 1. The van der Waals surface area contributed by atoms with Crippen LogP contribution in [0.25, 0.3) is 16.7 Å². The van der Waals surface area contributed by atoms with Gasteiger partial charge in [-0.3, -0.25) is 4.79 Å². The van der Waals surface area contributed by atoms with Crippen molar-refractivity contribution in [1.82, 2.24) is 9.55 Å². The van der Waals surface area contributed by atoms with Gasteiger partial charge in [0.25, 0.3) is 0 Å². The van der Waals surface area contributed by atoms with Crippen LogP contribution in [0.5, 0.6) is 0 Å².